The molecule has 0 amide bonds. The van der Waals surface area contributed by atoms with E-state index in [0.29, 0.717) is 10.7 Å². The minimum absolute atomic E-state index is 0.553. The number of H-pyrrole nitrogens is 1. The van der Waals surface area contributed by atoms with Crippen LogP contribution in [0, 0.1) is 10.7 Å². The number of aromatic nitrogens is 4. The van der Waals surface area contributed by atoms with Crippen molar-refractivity contribution in [2.24, 2.45) is 5.92 Å². The van der Waals surface area contributed by atoms with Crippen molar-refractivity contribution in [1.82, 2.24) is 19.5 Å². The Morgan fingerprint density at radius 2 is 2.15 bits per heavy atom. The zero-order chi connectivity index (χ0) is 13.9. The van der Waals surface area contributed by atoms with E-state index in [1.165, 1.54) is 44.9 Å². The van der Waals surface area contributed by atoms with Gasteiger partial charge >= 0.3 is 0 Å². The van der Waals surface area contributed by atoms with Crippen molar-refractivity contribution < 1.29 is 4.74 Å². The molecular weight excluding hydrogens is 272 g/mol. The number of rotatable bonds is 4. The van der Waals surface area contributed by atoms with E-state index in [1.807, 2.05) is 0 Å². The molecule has 0 atom stereocenters. The zero-order valence-corrected chi connectivity index (χ0v) is 12.6. The number of hydrogen-bond acceptors (Lipinski definition) is 4. The smallest absolute Gasteiger partial charge is 0.242 e. The summed E-state index contributed by atoms with van der Waals surface area (Å²) in [5, 5.41) is 0. The Kier molecular flexibility index (Phi) is 4.00. The van der Waals surface area contributed by atoms with Crippen LogP contribution in [-0.4, -0.2) is 26.6 Å². The van der Waals surface area contributed by atoms with E-state index >= 15 is 0 Å². The zero-order valence-electron chi connectivity index (χ0n) is 11.8. The molecule has 6 heteroatoms. The van der Waals surface area contributed by atoms with Gasteiger partial charge in [0.15, 0.2) is 10.4 Å². The van der Waals surface area contributed by atoms with Gasteiger partial charge in [0, 0.05) is 6.54 Å². The predicted octanol–water partition coefficient (Wildman–Crippen LogP) is 3.47. The molecule has 20 heavy (non-hydrogen) atoms. The number of hydrogen-bond donors (Lipinski definition) is 1. The Balaban J connectivity index is 1.84. The van der Waals surface area contributed by atoms with Crippen molar-refractivity contribution in [3.05, 3.63) is 11.1 Å². The molecule has 0 aliphatic heterocycles. The molecule has 2 heterocycles. The highest BCUT2D eigenvalue weighted by Crippen LogP contribution is 2.27. The third kappa shape index (κ3) is 2.57. The summed E-state index contributed by atoms with van der Waals surface area (Å²) >= 11 is 5.41. The molecule has 0 unspecified atom stereocenters. The summed E-state index contributed by atoms with van der Waals surface area (Å²) in [6, 6.07) is 0. The van der Waals surface area contributed by atoms with Gasteiger partial charge in [0.25, 0.3) is 0 Å². The second-order valence-electron chi connectivity index (χ2n) is 5.46. The lowest BCUT2D eigenvalue weighted by molar-refractivity contribution is 0.324. The second-order valence-corrected chi connectivity index (χ2v) is 5.84. The predicted molar refractivity (Wildman–Crippen MR) is 80.5 cm³/mol. The van der Waals surface area contributed by atoms with Crippen LogP contribution >= 0.6 is 12.2 Å². The lowest BCUT2D eigenvalue weighted by atomic mass is 9.87. The van der Waals surface area contributed by atoms with E-state index in [4.69, 9.17) is 17.0 Å². The number of methoxy groups -OCH3 is 1. The minimum Gasteiger partial charge on any atom is -0.479 e. The largest absolute Gasteiger partial charge is 0.479 e. The lowest BCUT2D eigenvalue weighted by Crippen LogP contribution is -2.10. The highest BCUT2D eigenvalue weighted by atomic mass is 32.1. The first-order chi connectivity index (χ1) is 9.79. The lowest BCUT2D eigenvalue weighted by Gasteiger charge is -2.21. The first kappa shape index (κ1) is 13.5. The van der Waals surface area contributed by atoms with Crippen molar-refractivity contribution >= 4 is 23.4 Å². The van der Waals surface area contributed by atoms with Crippen LogP contribution in [0.5, 0.6) is 5.88 Å². The van der Waals surface area contributed by atoms with Gasteiger partial charge in [0.05, 0.1) is 7.11 Å². The summed E-state index contributed by atoms with van der Waals surface area (Å²) in [6.45, 7) is 0.920. The molecular formula is C14H20N4OS. The average Bonchev–Trinajstić information content (AvgIpc) is 2.81. The normalized spacial score (nSPS) is 16.6. The standard InChI is InChI=1S/C14H20N4OS/c1-19-13-11-12(15-9-16-13)18(14(20)17-11)8-7-10-5-3-2-4-6-10/h9-10H,2-8H2,1H3,(H,17,20). The first-order valence-corrected chi connectivity index (χ1v) is 7.68. The van der Waals surface area contributed by atoms with Crippen LogP contribution in [0.15, 0.2) is 6.33 Å². The van der Waals surface area contributed by atoms with Crippen LogP contribution in [0.3, 0.4) is 0 Å². The van der Waals surface area contributed by atoms with Gasteiger partial charge in [-0.25, -0.2) is 4.98 Å². The van der Waals surface area contributed by atoms with E-state index in [2.05, 4.69) is 19.5 Å². The number of ether oxygens (including phenoxy) is 1. The number of imidazole rings is 1. The van der Waals surface area contributed by atoms with Crippen LogP contribution in [0.25, 0.3) is 11.2 Å². The topological polar surface area (TPSA) is 55.7 Å². The van der Waals surface area contributed by atoms with Crippen molar-refractivity contribution in [2.75, 3.05) is 7.11 Å². The van der Waals surface area contributed by atoms with Gasteiger partial charge in [-0.2, -0.15) is 4.98 Å². The second kappa shape index (κ2) is 5.91. The molecule has 0 bridgehead atoms. The molecule has 108 valence electrons. The van der Waals surface area contributed by atoms with Crippen molar-refractivity contribution in [2.45, 2.75) is 45.1 Å². The number of nitrogens with zero attached hydrogens (tertiary/aromatic N) is 3. The third-order valence-corrected chi connectivity index (χ3v) is 4.53. The average molecular weight is 292 g/mol. The van der Waals surface area contributed by atoms with Gasteiger partial charge in [0.2, 0.25) is 5.88 Å². The number of fused-ring (bicyclic) bond motifs is 1. The van der Waals surface area contributed by atoms with Crippen molar-refractivity contribution in [1.29, 1.82) is 0 Å². The number of aryl methyl sites for hydroxylation is 1. The Morgan fingerprint density at radius 3 is 2.90 bits per heavy atom. The quantitative estimate of drug-likeness (QED) is 0.877. The first-order valence-electron chi connectivity index (χ1n) is 7.27. The monoisotopic (exact) mass is 292 g/mol. The van der Waals surface area contributed by atoms with E-state index in [0.717, 1.165) is 23.6 Å². The van der Waals surface area contributed by atoms with Crippen LogP contribution < -0.4 is 4.74 Å². The molecule has 1 aliphatic rings. The molecule has 2 aromatic rings. The maximum Gasteiger partial charge on any atom is 0.242 e. The van der Waals surface area contributed by atoms with Gasteiger partial charge in [-0.15, -0.1) is 0 Å². The summed E-state index contributed by atoms with van der Waals surface area (Å²) in [6.07, 6.45) is 9.56. The van der Waals surface area contributed by atoms with E-state index in [-0.39, 0.29) is 0 Å². The Bertz CT molecular complexity index is 642. The summed E-state index contributed by atoms with van der Waals surface area (Å²) < 4.78 is 8.02. The summed E-state index contributed by atoms with van der Waals surface area (Å²) in [5.74, 6) is 1.39. The summed E-state index contributed by atoms with van der Waals surface area (Å²) in [5.41, 5.74) is 1.64. The fraction of sp³-hybridized carbons (Fsp3) is 0.643. The fourth-order valence-corrected chi connectivity index (χ4v) is 3.37. The Labute approximate surface area is 123 Å². The molecule has 1 aliphatic carbocycles. The molecule has 5 nitrogen and oxygen atoms in total. The van der Waals surface area contributed by atoms with Crippen LogP contribution in [0.1, 0.15) is 38.5 Å². The Morgan fingerprint density at radius 1 is 1.35 bits per heavy atom. The van der Waals surface area contributed by atoms with E-state index < -0.39 is 0 Å². The molecule has 1 N–H and O–H groups in total. The number of nitrogens with one attached hydrogen (secondary N) is 1. The van der Waals surface area contributed by atoms with Crippen LogP contribution in [0.2, 0.25) is 0 Å². The van der Waals surface area contributed by atoms with Gasteiger partial charge in [-0.05, 0) is 24.6 Å². The molecule has 1 saturated carbocycles. The van der Waals surface area contributed by atoms with E-state index in [1.54, 1.807) is 7.11 Å². The van der Waals surface area contributed by atoms with Gasteiger partial charge < -0.3 is 14.3 Å². The summed E-state index contributed by atoms with van der Waals surface area (Å²) in [4.78, 5) is 11.6. The van der Waals surface area contributed by atoms with E-state index in [9.17, 15) is 0 Å². The highest BCUT2D eigenvalue weighted by Gasteiger charge is 2.16. The minimum atomic E-state index is 0.553. The van der Waals surface area contributed by atoms with Crippen LogP contribution in [-0.2, 0) is 6.54 Å². The van der Waals surface area contributed by atoms with Gasteiger partial charge in [-0.3, -0.25) is 0 Å². The van der Waals surface area contributed by atoms with Crippen molar-refractivity contribution in [3.63, 3.8) is 0 Å². The molecule has 0 radical (unpaired) electrons. The maximum atomic E-state index is 5.41. The van der Waals surface area contributed by atoms with Gasteiger partial charge in [-0.1, -0.05) is 32.1 Å². The SMILES string of the molecule is COc1ncnc2c1[nH]c(=S)n2CCC1CCCCC1. The maximum absolute atomic E-state index is 5.41. The molecule has 0 spiro atoms. The van der Waals surface area contributed by atoms with Gasteiger partial charge in [0.1, 0.15) is 11.8 Å². The molecule has 1 fully saturated rings. The molecule has 3 rings (SSSR count). The fourth-order valence-electron chi connectivity index (χ4n) is 3.10. The molecule has 0 aromatic carbocycles. The van der Waals surface area contributed by atoms with Crippen molar-refractivity contribution in [3.8, 4) is 5.88 Å². The Hall–Kier alpha value is -1.43. The summed E-state index contributed by atoms with van der Waals surface area (Å²) in [7, 11) is 1.61. The third-order valence-electron chi connectivity index (χ3n) is 4.20. The molecule has 2 aromatic heterocycles. The highest BCUT2D eigenvalue weighted by molar-refractivity contribution is 7.71. The number of aromatic amines is 1. The molecule has 0 saturated heterocycles. The van der Waals surface area contributed by atoms with Crippen LogP contribution in [0.4, 0.5) is 0 Å².